The van der Waals surface area contributed by atoms with Crippen LogP contribution in [0.4, 0.5) is 0 Å². The summed E-state index contributed by atoms with van der Waals surface area (Å²) in [5, 5.41) is 0. The van der Waals surface area contributed by atoms with Gasteiger partial charge in [0.25, 0.3) is 0 Å². The number of hydrogen-bond acceptors (Lipinski definition) is 2. The van der Waals surface area contributed by atoms with Crippen molar-refractivity contribution in [2.75, 3.05) is 27.7 Å². The topological polar surface area (TPSA) is 29.3 Å². The number of nitrogens with zero attached hydrogens (tertiary/aromatic N) is 1. The Bertz CT molecular complexity index is 28.4. The SMILES string of the molecule is CC.CCCN(C)C.CN. The first-order valence-corrected chi connectivity index (χ1v) is 4.00. The van der Waals surface area contributed by atoms with Crippen molar-refractivity contribution in [3.63, 3.8) is 0 Å². The van der Waals surface area contributed by atoms with Gasteiger partial charge in [-0.2, -0.15) is 0 Å². The zero-order valence-electron chi connectivity index (χ0n) is 8.44. The van der Waals surface area contributed by atoms with E-state index in [1.54, 1.807) is 0 Å². The molecule has 0 fully saturated rings. The van der Waals surface area contributed by atoms with Crippen LogP contribution in [0.5, 0.6) is 0 Å². The predicted molar refractivity (Wildman–Crippen MR) is 50.3 cm³/mol. The zero-order chi connectivity index (χ0) is 8.99. The average Bonchev–Trinajstić information content (AvgIpc) is 1.96. The van der Waals surface area contributed by atoms with Gasteiger partial charge in [-0.05, 0) is 34.1 Å². The summed E-state index contributed by atoms with van der Waals surface area (Å²) in [6.07, 6.45) is 1.26. The third-order valence-corrected chi connectivity index (χ3v) is 0.671. The summed E-state index contributed by atoms with van der Waals surface area (Å²) in [5.74, 6) is 0. The summed E-state index contributed by atoms with van der Waals surface area (Å²) in [5.41, 5.74) is 4.50. The monoisotopic (exact) mass is 148 g/mol. The van der Waals surface area contributed by atoms with Gasteiger partial charge in [0, 0.05) is 0 Å². The molecule has 0 aliphatic rings. The highest BCUT2D eigenvalue weighted by Crippen LogP contribution is 1.76. The highest BCUT2D eigenvalue weighted by molar-refractivity contribution is 4.34. The largest absolute Gasteiger partial charge is 0.333 e. The highest BCUT2D eigenvalue weighted by Gasteiger charge is 1.79. The van der Waals surface area contributed by atoms with Gasteiger partial charge in [-0.3, -0.25) is 0 Å². The van der Waals surface area contributed by atoms with Crippen LogP contribution >= 0.6 is 0 Å². The Morgan fingerprint density at radius 1 is 1.10 bits per heavy atom. The summed E-state index contributed by atoms with van der Waals surface area (Å²) >= 11 is 0. The fraction of sp³-hybridized carbons (Fsp3) is 1.00. The van der Waals surface area contributed by atoms with Crippen molar-refractivity contribution in [3.8, 4) is 0 Å². The van der Waals surface area contributed by atoms with Crippen molar-refractivity contribution in [1.82, 2.24) is 4.90 Å². The van der Waals surface area contributed by atoms with Crippen LogP contribution in [0, 0.1) is 0 Å². The van der Waals surface area contributed by atoms with Crippen LogP contribution in [-0.2, 0) is 0 Å². The second kappa shape index (κ2) is 23.1. The van der Waals surface area contributed by atoms with Crippen molar-refractivity contribution < 1.29 is 0 Å². The molecule has 0 rings (SSSR count). The van der Waals surface area contributed by atoms with E-state index in [9.17, 15) is 0 Å². The van der Waals surface area contributed by atoms with Crippen LogP contribution in [0.25, 0.3) is 0 Å². The normalized spacial score (nSPS) is 7.20. The Morgan fingerprint density at radius 3 is 1.40 bits per heavy atom. The Morgan fingerprint density at radius 2 is 1.40 bits per heavy atom. The molecule has 0 atom stereocenters. The fourth-order valence-electron chi connectivity index (χ4n) is 0.447. The maximum Gasteiger partial charge on any atom is -0.00275 e. The van der Waals surface area contributed by atoms with E-state index >= 15 is 0 Å². The third kappa shape index (κ3) is 44.5. The highest BCUT2D eigenvalue weighted by atomic mass is 15.0. The first-order valence-electron chi connectivity index (χ1n) is 4.00. The molecule has 0 bridgehead atoms. The van der Waals surface area contributed by atoms with Crippen molar-refractivity contribution in [3.05, 3.63) is 0 Å². The van der Waals surface area contributed by atoms with E-state index in [0.29, 0.717) is 0 Å². The average molecular weight is 148 g/mol. The lowest BCUT2D eigenvalue weighted by Crippen LogP contribution is -2.11. The Balaban J connectivity index is -0.000000105. The van der Waals surface area contributed by atoms with Gasteiger partial charge < -0.3 is 10.6 Å². The molecule has 0 saturated carbocycles. The smallest absolute Gasteiger partial charge is 0.00275 e. The molecule has 0 heterocycles. The van der Waals surface area contributed by atoms with Gasteiger partial charge in [0.1, 0.15) is 0 Å². The summed E-state index contributed by atoms with van der Waals surface area (Å²) in [6.45, 7) is 7.39. The maximum atomic E-state index is 4.50. The van der Waals surface area contributed by atoms with E-state index in [1.165, 1.54) is 20.0 Å². The van der Waals surface area contributed by atoms with Crippen LogP contribution in [0.3, 0.4) is 0 Å². The predicted octanol–water partition coefficient (Wildman–Crippen LogP) is 1.56. The van der Waals surface area contributed by atoms with Gasteiger partial charge in [-0.15, -0.1) is 0 Å². The van der Waals surface area contributed by atoms with Crippen LogP contribution < -0.4 is 5.73 Å². The summed E-state index contributed by atoms with van der Waals surface area (Å²) in [4.78, 5) is 2.18. The molecular weight excluding hydrogens is 124 g/mol. The molecule has 2 nitrogen and oxygen atoms in total. The first-order chi connectivity index (χ1) is 4.77. The van der Waals surface area contributed by atoms with Crippen molar-refractivity contribution in [1.29, 1.82) is 0 Å². The fourth-order valence-corrected chi connectivity index (χ4v) is 0.447. The van der Waals surface area contributed by atoms with E-state index in [-0.39, 0.29) is 0 Å². The molecule has 10 heavy (non-hydrogen) atoms. The molecule has 0 aromatic carbocycles. The molecule has 66 valence electrons. The van der Waals surface area contributed by atoms with Gasteiger partial charge in [-0.25, -0.2) is 0 Å². The molecule has 0 saturated heterocycles. The van der Waals surface area contributed by atoms with Crippen LogP contribution in [0.2, 0.25) is 0 Å². The molecule has 0 unspecified atom stereocenters. The lowest BCUT2D eigenvalue weighted by atomic mass is 10.5. The Hall–Kier alpha value is -0.0800. The zero-order valence-corrected chi connectivity index (χ0v) is 8.44. The molecule has 2 heteroatoms. The molecule has 0 aromatic heterocycles. The first kappa shape index (κ1) is 16.5. The van der Waals surface area contributed by atoms with Gasteiger partial charge in [0.2, 0.25) is 0 Å². The standard InChI is InChI=1S/C5H13N.C2H6.CH5N/c1-4-5-6(2)3;2*1-2/h4-5H2,1-3H3;1-2H3;2H2,1H3. The van der Waals surface area contributed by atoms with Gasteiger partial charge in [-0.1, -0.05) is 20.8 Å². The van der Waals surface area contributed by atoms with Crippen molar-refractivity contribution in [2.45, 2.75) is 27.2 Å². The van der Waals surface area contributed by atoms with Gasteiger partial charge in [0.05, 0.1) is 0 Å². The van der Waals surface area contributed by atoms with E-state index < -0.39 is 0 Å². The Kier molecular flexibility index (Phi) is 38.1. The van der Waals surface area contributed by atoms with E-state index in [4.69, 9.17) is 0 Å². The number of rotatable bonds is 2. The summed E-state index contributed by atoms with van der Waals surface area (Å²) < 4.78 is 0. The molecule has 0 aromatic rings. The third-order valence-electron chi connectivity index (χ3n) is 0.671. The molecule has 0 radical (unpaired) electrons. The van der Waals surface area contributed by atoms with Gasteiger partial charge >= 0.3 is 0 Å². The van der Waals surface area contributed by atoms with Crippen molar-refractivity contribution >= 4 is 0 Å². The van der Waals surface area contributed by atoms with E-state index in [1.807, 2.05) is 13.8 Å². The maximum absolute atomic E-state index is 4.50. The summed E-state index contributed by atoms with van der Waals surface area (Å²) in [7, 11) is 5.67. The molecule has 0 aliphatic carbocycles. The van der Waals surface area contributed by atoms with E-state index in [0.717, 1.165) is 0 Å². The quantitative estimate of drug-likeness (QED) is 0.644. The minimum Gasteiger partial charge on any atom is -0.333 e. The van der Waals surface area contributed by atoms with Crippen molar-refractivity contribution in [2.24, 2.45) is 5.73 Å². The summed E-state index contributed by atoms with van der Waals surface area (Å²) in [6, 6.07) is 0. The number of hydrogen-bond donors (Lipinski definition) is 1. The second-order valence-electron chi connectivity index (χ2n) is 1.80. The second-order valence-corrected chi connectivity index (χ2v) is 1.80. The van der Waals surface area contributed by atoms with Crippen LogP contribution in [-0.4, -0.2) is 32.6 Å². The molecular formula is C8H24N2. The minimum atomic E-state index is 1.21. The molecule has 0 amide bonds. The number of nitrogens with two attached hydrogens (primary N) is 1. The van der Waals surface area contributed by atoms with E-state index in [2.05, 4.69) is 31.7 Å². The van der Waals surface area contributed by atoms with Crippen LogP contribution in [0.15, 0.2) is 0 Å². The lowest BCUT2D eigenvalue weighted by molar-refractivity contribution is 0.408. The van der Waals surface area contributed by atoms with Crippen LogP contribution in [0.1, 0.15) is 27.2 Å². The molecule has 0 aliphatic heterocycles. The molecule has 2 N–H and O–H groups in total. The molecule has 0 spiro atoms. The minimum absolute atomic E-state index is 1.21. The van der Waals surface area contributed by atoms with Gasteiger partial charge in [0.15, 0.2) is 0 Å². The Labute approximate surface area is 66.4 Å². The lowest BCUT2D eigenvalue weighted by Gasteiger charge is -2.03.